The number of carbonyl (C=O) groups excluding carboxylic acids is 1. The van der Waals surface area contributed by atoms with Crippen LogP contribution in [0.25, 0.3) is 10.8 Å². The van der Waals surface area contributed by atoms with E-state index in [2.05, 4.69) is 5.10 Å². The summed E-state index contributed by atoms with van der Waals surface area (Å²) in [5.74, 6) is -0.0266. The van der Waals surface area contributed by atoms with Crippen LogP contribution in [0.2, 0.25) is 0 Å². The van der Waals surface area contributed by atoms with Gasteiger partial charge in [0.2, 0.25) is 0 Å². The van der Waals surface area contributed by atoms with Gasteiger partial charge in [0, 0.05) is 5.56 Å². The fraction of sp³-hybridized carbons (Fsp3) is 0.211. The molecule has 0 fully saturated rings. The van der Waals surface area contributed by atoms with E-state index in [1.807, 2.05) is 19.1 Å². The number of carbonyl (C=O) groups is 1. The average Bonchev–Trinajstić information content (AvgIpc) is 2.64. The number of hydrogen-bond acceptors (Lipinski definition) is 5. The Morgan fingerprint density at radius 2 is 1.85 bits per heavy atom. The molecule has 0 aliphatic carbocycles. The SMILES string of the molecule is COc1ccc(C)cc1COC(=O)Cn1[nH]c(=O)c2ccccc2c1=O. The van der Waals surface area contributed by atoms with Gasteiger partial charge in [0.15, 0.2) is 0 Å². The lowest BCUT2D eigenvalue weighted by molar-refractivity contribution is -0.146. The molecule has 3 rings (SSSR count). The molecule has 0 spiro atoms. The predicted octanol–water partition coefficient (Wildman–Crippen LogP) is 1.75. The smallest absolute Gasteiger partial charge is 0.328 e. The maximum Gasteiger partial charge on any atom is 0.328 e. The molecular formula is C19H18N2O5. The van der Waals surface area contributed by atoms with Gasteiger partial charge in [-0.25, -0.2) is 4.68 Å². The first kappa shape index (κ1) is 17.5. The Morgan fingerprint density at radius 1 is 1.12 bits per heavy atom. The molecule has 0 aliphatic heterocycles. The van der Waals surface area contributed by atoms with E-state index in [1.165, 1.54) is 7.11 Å². The van der Waals surface area contributed by atoms with Gasteiger partial charge in [0.25, 0.3) is 11.1 Å². The first-order valence-electron chi connectivity index (χ1n) is 8.00. The number of methoxy groups -OCH3 is 1. The molecule has 1 aromatic heterocycles. The Hall–Kier alpha value is -3.35. The van der Waals surface area contributed by atoms with Crippen molar-refractivity contribution >= 4 is 16.7 Å². The van der Waals surface area contributed by atoms with Gasteiger partial charge < -0.3 is 9.47 Å². The Morgan fingerprint density at radius 3 is 2.58 bits per heavy atom. The molecule has 0 saturated carbocycles. The molecular weight excluding hydrogens is 336 g/mol. The van der Waals surface area contributed by atoms with E-state index in [0.717, 1.165) is 15.8 Å². The van der Waals surface area contributed by atoms with Crippen molar-refractivity contribution < 1.29 is 14.3 Å². The highest BCUT2D eigenvalue weighted by Crippen LogP contribution is 2.20. The molecule has 1 N–H and O–H groups in total. The maximum atomic E-state index is 12.4. The molecule has 0 saturated heterocycles. The van der Waals surface area contributed by atoms with Gasteiger partial charge in [-0.1, -0.05) is 23.8 Å². The third-order valence-corrected chi connectivity index (χ3v) is 4.00. The number of aromatic amines is 1. The van der Waals surface area contributed by atoms with Crippen LogP contribution >= 0.6 is 0 Å². The lowest BCUT2D eigenvalue weighted by atomic mass is 10.1. The molecule has 0 amide bonds. The Kier molecular flexibility index (Phi) is 4.88. The highest BCUT2D eigenvalue weighted by atomic mass is 16.5. The summed E-state index contributed by atoms with van der Waals surface area (Å²) in [6, 6.07) is 12.0. The quantitative estimate of drug-likeness (QED) is 0.705. The second-order valence-electron chi connectivity index (χ2n) is 5.85. The summed E-state index contributed by atoms with van der Waals surface area (Å²) in [5.41, 5.74) is 0.839. The van der Waals surface area contributed by atoms with E-state index >= 15 is 0 Å². The average molecular weight is 354 g/mol. The van der Waals surface area contributed by atoms with E-state index in [0.29, 0.717) is 5.75 Å². The van der Waals surface area contributed by atoms with Gasteiger partial charge in [-0.15, -0.1) is 0 Å². The van der Waals surface area contributed by atoms with Crippen LogP contribution in [0.4, 0.5) is 0 Å². The van der Waals surface area contributed by atoms with Crippen LogP contribution in [-0.4, -0.2) is 22.9 Å². The van der Waals surface area contributed by atoms with Gasteiger partial charge in [-0.05, 0) is 31.2 Å². The van der Waals surface area contributed by atoms with Gasteiger partial charge >= 0.3 is 5.97 Å². The summed E-state index contributed by atoms with van der Waals surface area (Å²) in [7, 11) is 1.54. The van der Waals surface area contributed by atoms with Crippen molar-refractivity contribution in [2.75, 3.05) is 7.11 Å². The van der Waals surface area contributed by atoms with Crippen molar-refractivity contribution in [3.63, 3.8) is 0 Å². The van der Waals surface area contributed by atoms with E-state index in [4.69, 9.17) is 9.47 Å². The van der Waals surface area contributed by atoms with Crippen LogP contribution in [0.15, 0.2) is 52.1 Å². The maximum absolute atomic E-state index is 12.4. The van der Waals surface area contributed by atoms with Crippen molar-refractivity contribution in [2.24, 2.45) is 0 Å². The normalized spacial score (nSPS) is 10.7. The Labute approximate surface area is 148 Å². The lowest BCUT2D eigenvalue weighted by Gasteiger charge is -2.11. The highest BCUT2D eigenvalue weighted by Gasteiger charge is 2.12. The van der Waals surface area contributed by atoms with Crippen molar-refractivity contribution in [3.8, 4) is 5.75 Å². The summed E-state index contributed by atoms with van der Waals surface area (Å²) in [4.78, 5) is 36.6. The molecule has 0 bridgehead atoms. The number of H-pyrrole nitrogens is 1. The number of ether oxygens (including phenoxy) is 2. The predicted molar refractivity (Wildman–Crippen MR) is 96.4 cm³/mol. The standard InChI is InChI=1S/C19H18N2O5/c1-12-7-8-16(25-2)13(9-12)11-26-17(22)10-21-19(24)15-6-4-3-5-14(15)18(23)20-21/h3-9H,10-11H2,1-2H3,(H,20,23). The number of fused-ring (bicyclic) bond motifs is 1. The topological polar surface area (TPSA) is 90.4 Å². The van der Waals surface area contributed by atoms with E-state index < -0.39 is 17.1 Å². The van der Waals surface area contributed by atoms with Crippen molar-refractivity contribution in [1.29, 1.82) is 0 Å². The van der Waals surface area contributed by atoms with Crippen LogP contribution in [0.5, 0.6) is 5.75 Å². The Bertz CT molecular complexity index is 1080. The molecule has 0 aliphatic rings. The van der Waals surface area contributed by atoms with Crippen LogP contribution in [0.3, 0.4) is 0 Å². The van der Waals surface area contributed by atoms with Crippen molar-refractivity contribution in [2.45, 2.75) is 20.1 Å². The molecule has 26 heavy (non-hydrogen) atoms. The number of hydrogen-bond donors (Lipinski definition) is 1. The number of esters is 1. The fourth-order valence-electron chi connectivity index (χ4n) is 2.71. The summed E-state index contributed by atoms with van der Waals surface area (Å²) >= 11 is 0. The third-order valence-electron chi connectivity index (χ3n) is 4.00. The second-order valence-corrected chi connectivity index (χ2v) is 5.85. The zero-order valence-electron chi connectivity index (χ0n) is 14.4. The van der Waals surface area contributed by atoms with Crippen LogP contribution < -0.4 is 15.9 Å². The zero-order chi connectivity index (χ0) is 18.7. The first-order chi connectivity index (χ1) is 12.5. The van der Waals surface area contributed by atoms with Gasteiger partial charge in [0.1, 0.15) is 18.9 Å². The summed E-state index contributed by atoms with van der Waals surface area (Å²) in [6.07, 6.45) is 0. The van der Waals surface area contributed by atoms with Crippen LogP contribution in [0.1, 0.15) is 11.1 Å². The molecule has 7 heteroatoms. The molecule has 0 atom stereocenters. The van der Waals surface area contributed by atoms with Gasteiger partial charge in [-0.2, -0.15) is 0 Å². The second kappa shape index (κ2) is 7.26. The summed E-state index contributed by atoms with van der Waals surface area (Å²) < 4.78 is 11.4. The summed E-state index contributed by atoms with van der Waals surface area (Å²) in [5, 5.41) is 2.94. The molecule has 0 unspecified atom stereocenters. The van der Waals surface area contributed by atoms with Gasteiger partial charge in [0.05, 0.1) is 17.9 Å². The lowest BCUT2D eigenvalue weighted by Crippen LogP contribution is -2.32. The van der Waals surface area contributed by atoms with Crippen LogP contribution in [-0.2, 0) is 22.7 Å². The van der Waals surface area contributed by atoms with Crippen molar-refractivity contribution in [3.05, 3.63) is 74.3 Å². The zero-order valence-corrected chi connectivity index (χ0v) is 14.4. The number of aromatic nitrogens is 2. The number of nitrogens with one attached hydrogen (secondary N) is 1. The largest absolute Gasteiger partial charge is 0.496 e. The monoisotopic (exact) mass is 354 g/mol. The third kappa shape index (κ3) is 3.51. The molecule has 3 aromatic rings. The van der Waals surface area contributed by atoms with E-state index in [-0.39, 0.29) is 23.9 Å². The summed E-state index contributed by atoms with van der Waals surface area (Å²) in [6.45, 7) is 1.55. The first-order valence-corrected chi connectivity index (χ1v) is 8.00. The minimum absolute atomic E-state index is 0.0102. The molecule has 1 heterocycles. The van der Waals surface area contributed by atoms with Crippen molar-refractivity contribution in [1.82, 2.24) is 9.78 Å². The van der Waals surface area contributed by atoms with Gasteiger partial charge in [-0.3, -0.25) is 19.5 Å². The molecule has 2 aromatic carbocycles. The minimum Gasteiger partial charge on any atom is -0.496 e. The number of aryl methyl sites for hydroxylation is 1. The van der Waals surface area contributed by atoms with E-state index in [1.54, 1.807) is 30.3 Å². The number of nitrogens with zero attached hydrogens (tertiary/aromatic N) is 1. The van der Waals surface area contributed by atoms with Crippen LogP contribution in [0, 0.1) is 6.92 Å². The molecule has 134 valence electrons. The minimum atomic E-state index is -0.637. The highest BCUT2D eigenvalue weighted by molar-refractivity contribution is 5.80. The number of benzene rings is 2. The fourth-order valence-corrected chi connectivity index (χ4v) is 2.71. The van der Waals surface area contributed by atoms with E-state index in [9.17, 15) is 14.4 Å². The molecule has 7 nitrogen and oxygen atoms in total. The number of rotatable bonds is 5. The molecule has 0 radical (unpaired) electrons. The Balaban J connectivity index is 1.78.